The minimum absolute atomic E-state index is 0.118. The first kappa shape index (κ1) is 29.4. The summed E-state index contributed by atoms with van der Waals surface area (Å²) in [7, 11) is 2.15. The third kappa shape index (κ3) is 19.4. The van der Waals surface area contributed by atoms with Gasteiger partial charge in [0, 0.05) is 12.4 Å². The molecular formula is C26H53NO3. The van der Waals surface area contributed by atoms with Crippen LogP contribution in [0.3, 0.4) is 0 Å². The largest absolute Gasteiger partial charge is 0.550 e. The van der Waals surface area contributed by atoms with Crippen molar-refractivity contribution in [1.82, 2.24) is 0 Å². The van der Waals surface area contributed by atoms with E-state index < -0.39 is 5.97 Å². The summed E-state index contributed by atoms with van der Waals surface area (Å²) in [5, 5.41) is 21.1. The van der Waals surface area contributed by atoms with Gasteiger partial charge in [0.25, 0.3) is 0 Å². The molecule has 0 rings (SSSR count). The molecule has 0 aromatic rings. The summed E-state index contributed by atoms with van der Waals surface area (Å²) in [5.74, 6) is -0.971. The molecule has 0 aliphatic heterocycles. The van der Waals surface area contributed by atoms with Gasteiger partial charge in [-0.05, 0) is 19.3 Å². The Morgan fingerprint density at radius 2 is 1.20 bits per heavy atom. The lowest BCUT2D eigenvalue weighted by molar-refractivity contribution is -0.912. The second-order valence-electron chi connectivity index (χ2n) is 9.76. The molecule has 0 spiro atoms. The highest BCUT2D eigenvalue weighted by molar-refractivity contribution is 5.64. The number of rotatable bonds is 23. The van der Waals surface area contributed by atoms with Gasteiger partial charge in [-0.1, -0.05) is 104 Å². The summed E-state index contributed by atoms with van der Waals surface area (Å²) < 4.78 is 0.767. The average molecular weight is 428 g/mol. The van der Waals surface area contributed by atoms with E-state index in [0.29, 0.717) is 6.42 Å². The van der Waals surface area contributed by atoms with Crippen LogP contribution in [0.25, 0.3) is 0 Å². The van der Waals surface area contributed by atoms with Crippen molar-refractivity contribution in [3.05, 3.63) is 0 Å². The van der Waals surface area contributed by atoms with Gasteiger partial charge in [0.05, 0.1) is 20.1 Å². The maximum Gasteiger partial charge on any atom is 0.105 e. The number of quaternary nitrogens is 1. The van der Waals surface area contributed by atoms with E-state index >= 15 is 0 Å². The molecule has 0 aromatic carbocycles. The normalized spacial score (nSPS) is 14.5. The molecule has 0 fully saturated rings. The maximum absolute atomic E-state index is 10.7. The first-order chi connectivity index (χ1) is 14.4. The summed E-state index contributed by atoms with van der Waals surface area (Å²) in [6.45, 7) is 6.95. The fourth-order valence-electron chi connectivity index (χ4n) is 4.61. The highest BCUT2D eigenvalue weighted by Crippen LogP contribution is 2.15. The molecule has 0 saturated carbocycles. The van der Waals surface area contributed by atoms with Crippen LogP contribution in [0.2, 0.25) is 0 Å². The van der Waals surface area contributed by atoms with Crippen LogP contribution >= 0.6 is 0 Å². The molecule has 2 atom stereocenters. The molecule has 4 nitrogen and oxygen atoms in total. The van der Waals surface area contributed by atoms with Gasteiger partial charge in [0.15, 0.2) is 0 Å². The van der Waals surface area contributed by atoms with Gasteiger partial charge >= 0.3 is 0 Å². The Hall–Kier alpha value is -0.610. The highest BCUT2D eigenvalue weighted by atomic mass is 16.4. The van der Waals surface area contributed by atoms with Crippen molar-refractivity contribution in [3.8, 4) is 0 Å². The molecule has 0 saturated heterocycles. The second-order valence-corrected chi connectivity index (χ2v) is 9.76. The van der Waals surface area contributed by atoms with Crippen LogP contribution in [0.15, 0.2) is 0 Å². The Labute approximate surface area is 188 Å². The predicted octanol–water partition coefficient (Wildman–Crippen LogP) is 5.61. The van der Waals surface area contributed by atoms with Gasteiger partial charge in [0.1, 0.15) is 12.6 Å². The number of carboxylic acids is 1. The van der Waals surface area contributed by atoms with Crippen molar-refractivity contribution in [1.29, 1.82) is 0 Å². The fourth-order valence-corrected chi connectivity index (χ4v) is 4.61. The smallest absolute Gasteiger partial charge is 0.105 e. The zero-order valence-electron chi connectivity index (χ0n) is 20.6. The van der Waals surface area contributed by atoms with Gasteiger partial charge in [-0.2, -0.15) is 0 Å². The molecular weight excluding hydrogens is 374 g/mol. The summed E-state index contributed by atoms with van der Waals surface area (Å²) >= 11 is 0. The van der Waals surface area contributed by atoms with Gasteiger partial charge in [0.2, 0.25) is 0 Å². The van der Waals surface area contributed by atoms with E-state index in [1.165, 1.54) is 83.5 Å². The number of aliphatic carboxylic acids is 1. The first-order valence-electron chi connectivity index (χ1n) is 13.1. The topological polar surface area (TPSA) is 60.4 Å². The van der Waals surface area contributed by atoms with Crippen LogP contribution in [0.5, 0.6) is 0 Å². The summed E-state index contributed by atoms with van der Waals surface area (Å²) in [5.41, 5.74) is 0. The molecule has 0 aromatic heterocycles. The van der Waals surface area contributed by atoms with Crippen LogP contribution in [0, 0.1) is 0 Å². The molecule has 0 heterocycles. The van der Waals surface area contributed by atoms with Crippen molar-refractivity contribution < 1.29 is 19.5 Å². The number of carboxylic acid groups (broad SMARTS) is 1. The zero-order chi connectivity index (χ0) is 22.5. The number of nitrogens with zero attached hydrogens (tertiary/aromatic N) is 1. The number of hydrogen-bond acceptors (Lipinski definition) is 3. The second kappa shape index (κ2) is 20.3. The summed E-state index contributed by atoms with van der Waals surface area (Å²) in [6, 6.07) is 0. The molecule has 0 amide bonds. The standard InChI is InChI=1S/C26H53NO3/c1-4-6-7-8-9-10-11-12-13-14-15-16-17-18-20-25(28)24-27(3,22-5-2)23-19-21-26(29)30/h25,28H,4-24H2,1-3H3. The SMILES string of the molecule is CCCCCCCCCCCCCCCCC(O)C[N+](C)(CCC)CCCC(=O)[O-]. The molecule has 0 radical (unpaired) electrons. The maximum atomic E-state index is 10.7. The van der Waals surface area contributed by atoms with Crippen LogP contribution in [0.4, 0.5) is 0 Å². The first-order valence-corrected chi connectivity index (χ1v) is 13.1. The number of aliphatic hydroxyl groups is 1. The van der Waals surface area contributed by atoms with Gasteiger partial charge in [-0.25, -0.2) is 0 Å². The summed E-state index contributed by atoms with van der Waals surface area (Å²) in [6.07, 6.45) is 21.3. The zero-order valence-corrected chi connectivity index (χ0v) is 20.6. The third-order valence-electron chi connectivity index (χ3n) is 6.38. The van der Waals surface area contributed by atoms with E-state index in [-0.39, 0.29) is 12.5 Å². The van der Waals surface area contributed by atoms with Crippen molar-refractivity contribution in [3.63, 3.8) is 0 Å². The molecule has 0 bridgehead atoms. The minimum Gasteiger partial charge on any atom is -0.550 e. The Kier molecular flexibility index (Phi) is 19.9. The molecule has 2 unspecified atom stereocenters. The van der Waals surface area contributed by atoms with Crippen LogP contribution in [0.1, 0.15) is 129 Å². The van der Waals surface area contributed by atoms with Gasteiger partial charge in [-0.15, -0.1) is 0 Å². The fraction of sp³-hybridized carbons (Fsp3) is 0.962. The van der Waals surface area contributed by atoms with Crippen molar-refractivity contribution >= 4 is 5.97 Å². The molecule has 4 heteroatoms. The lowest BCUT2D eigenvalue weighted by Crippen LogP contribution is -2.50. The molecule has 0 aliphatic rings. The molecule has 30 heavy (non-hydrogen) atoms. The number of carbonyl (C=O) groups excluding carboxylic acids is 1. The van der Waals surface area contributed by atoms with E-state index in [1.54, 1.807) is 0 Å². The van der Waals surface area contributed by atoms with E-state index in [4.69, 9.17) is 0 Å². The quantitative estimate of drug-likeness (QED) is 0.170. The highest BCUT2D eigenvalue weighted by Gasteiger charge is 2.24. The Bertz CT molecular complexity index is 388. The van der Waals surface area contributed by atoms with Crippen LogP contribution in [-0.4, -0.2) is 48.3 Å². The van der Waals surface area contributed by atoms with Crippen molar-refractivity contribution in [2.75, 3.05) is 26.7 Å². The lowest BCUT2D eigenvalue weighted by Gasteiger charge is -2.36. The van der Waals surface area contributed by atoms with E-state index in [0.717, 1.165) is 43.4 Å². The van der Waals surface area contributed by atoms with E-state index in [9.17, 15) is 15.0 Å². The number of unbranched alkanes of at least 4 members (excludes halogenated alkanes) is 13. The minimum atomic E-state index is -0.971. The number of aliphatic hydroxyl groups excluding tert-OH is 1. The Balaban J connectivity index is 3.62. The predicted molar refractivity (Wildman–Crippen MR) is 126 cm³/mol. The van der Waals surface area contributed by atoms with Crippen LogP contribution < -0.4 is 5.11 Å². The molecule has 0 aliphatic carbocycles. The monoisotopic (exact) mass is 427 g/mol. The third-order valence-corrected chi connectivity index (χ3v) is 6.38. The van der Waals surface area contributed by atoms with Gasteiger partial charge < -0.3 is 19.5 Å². The van der Waals surface area contributed by atoms with Crippen molar-refractivity contribution in [2.45, 2.75) is 136 Å². The Morgan fingerprint density at radius 3 is 1.63 bits per heavy atom. The van der Waals surface area contributed by atoms with Crippen LogP contribution in [-0.2, 0) is 4.79 Å². The lowest BCUT2D eigenvalue weighted by atomic mass is 10.0. The number of carbonyl (C=O) groups is 1. The Morgan fingerprint density at radius 1 is 0.733 bits per heavy atom. The van der Waals surface area contributed by atoms with E-state index in [1.807, 2.05) is 0 Å². The van der Waals surface area contributed by atoms with E-state index in [2.05, 4.69) is 20.9 Å². The van der Waals surface area contributed by atoms with Gasteiger partial charge in [-0.3, -0.25) is 0 Å². The molecule has 1 N–H and O–H groups in total. The average Bonchev–Trinajstić information content (AvgIpc) is 2.68. The molecule has 180 valence electrons. The van der Waals surface area contributed by atoms with Crippen molar-refractivity contribution in [2.24, 2.45) is 0 Å². The number of hydrogen-bond donors (Lipinski definition) is 1. The number of likely N-dealkylation sites (N-methyl/N-ethyl adjacent to an activating group) is 1. The summed E-state index contributed by atoms with van der Waals surface area (Å²) in [4.78, 5) is 10.7.